The Bertz CT molecular complexity index is 754. The van der Waals surface area contributed by atoms with Crippen LogP contribution in [-0.4, -0.2) is 44.1 Å². The number of nitrogens with zero attached hydrogens (tertiary/aromatic N) is 1. The standard InChI is InChI=1S/C17H16BNO4/c1-19-11-16(20)22-18(23-17(21)12-19)9-8-13-6-7-14-4-2-3-5-15(14)10-13/h2-10H,11-12H2,1H3/b9-8+. The van der Waals surface area contributed by atoms with E-state index in [-0.39, 0.29) is 13.1 Å². The monoisotopic (exact) mass is 309 g/mol. The molecule has 0 aromatic heterocycles. The van der Waals surface area contributed by atoms with Gasteiger partial charge in [-0.3, -0.25) is 14.5 Å². The molecule has 3 rings (SSSR count). The van der Waals surface area contributed by atoms with Crippen LogP contribution in [0.4, 0.5) is 0 Å². The number of benzene rings is 2. The molecule has 0 aliphatic carbocycles. The van der Waals surface area contributed by atoms with Crippen molar-refractivity contribution in [2.45, 2.75) is 0 Å². The number of hydrogen-bond acceptors (Lipinski definition) is 5. The van der Waals surface area contributed by atoms with Gasteiger partial charge < -0.3 is 9.31 Å². The Balaban J connectivity index is 1.76. The summed E-state index contributed by atoms with van der Waals surface area (Å²) in [5.41, 5.74) is 0.940. The summed E-state index contributed by atoms with van der Waals surface area (Å²) in [6, 6.07) is 14.0. The summed E-state index contributed by atoms with van der Waals surface area (Å²) >= 11 is 0. The molecule has 116 valence electrons. The number of carbonyl (C=O) groups excluding carboxylic acids is 2. The van der Waals surface area contributed by atoms with Crippen molar-refractivity contribution in [1.29, 1.82) is 0 Å². The second kappa shape index (κ2) is 6.66. The fourth-order valence-electron chi connectivity index (χ4n) is 2.43. The molecule has 0 saturated carbocycles. The molecule has 1 fully saturated rings. The Hall–Kier alpha value is -2.60. The molecule has 1 heterocycles. The fourth-order valence-corrected chi connectivity index (χ4v) is 2.43. The first-order valence-electron chi connectivity index (χ1n) is 7.35. The van der Waals surface area contributed by atoms with Crippen molar-refractivity contribution in [2.24, 2.45) is 0 Å². The van der Waals surface area contributed by atoms with E-state index in [9.17, 15) is 9.59 Å². The maximum atomic E-state index is 11.7. The van der Waals surface area contributed by atoms with Crippen LogP contribution in [0.1, 0.15) is 5.56 Å². The second-order valence-electron chi connectivity index (χ2n) is 5.49. The number of rotatable bonds is 2. The summed E-state index contributed by atoms with van der Waals surface area (Å²) in [5.74, 6) is 0.729. The normalized spacial score (nSPS) is 17.0. The van der Waals surface area contributed by atoms with E-state index in [4.69, 9.17) is 9.31 Å². The molecular formula is C17H16BNO4. The number of carbonyl (C=O) groups is 2. The topological polar surface area (TPSA) is 55.8 Å². The molecule has 2 aromatic rings. The molecule has 6 heteroatoms. The third-order valence-corrected chi connectivity index (χ3v) is 3.51. The predicted molar refractivity (Wildman–Crippen MR) is 88.4 cm³/mol. The van der Waals surface area contributed by atoms with Gasteiger partial charge in [0.15, 0.2) is 0 Å². The Kier molecular flexibility index (Phi) is 4.44. The molecule has 2 aromatic carbocycles. The molecule has 0 N–H and O–H groups in total. The van der Waals surface area contributed by atoms with E-state index >= 15 is 0 Å². The van der Waals surface area contributed by atoms with Gasteiger partial charge in [0.1, 0.15) is 0 Å². The lowest BCUT2D eigenvalue weighted by Crippen LogP contribution is -2.41. The summed E-state index contributed by atoms with van der Waals surface area (Å²) in [5, 5.41) is 2.26. The van der Waals surface area contributed by atoms with Crippen LogP contribution in [0.3, 0.4) is 0 Å². The highest BCUT2D eigenvalue weighted by molar-refractivity contribution is 6.55. The maximum Gasteiger partial charge on any atom is 0.628 e. The molecule has 23 heavy (non-hydrogen) atoms. The average molecular weight is 309 g/mol. The Morgan fingerprint density at radius 2 is 1.65 bits per heavy atom. The lowest BCUT2D eigenvalue weighted by Gasteiger charge is -2.21. The van der Waals surface area contributed by atoms with Gasteiger partial charge in [0.05, 0.1) is 13.1 Å². The van der Waals surface area contributed by atoms with E-state index in [0.717, 1.165) is 16.3 Å². The summed E-state index contributed by atoms with van der Waals surface area (Å²) in [6.45, 7) is 0.130. The van der Waals surface area contributed by atoms with Gasteiger partial charge >= 0.3 is 19.1 Å². The predicted octanol–water partition coefficient (Wildman–Crippen LogP) is 1.91. The van der Waals surface area contributed by atoms with Crippen molar-refractivity contribution in [3.8, 4) is 0 Å². The van der Waals surface area contributed by atoms with Gasteiger partial charge in [0, 0.05) is 0 Å². The van der Waals surface area contributed by atoms with Crippen LogP contribution in [0.25, 0.3) is 16.8 Å². The van der Waals surface area contributed by atoms with E-state index in [0.29, 0.717) is 0 Å². The highest BCUT2D eigenvalue weighted by Crippen LogP contribution is 2.16. The summed E-state index contributed by atoms with van der Waals surface area (Å²) in [7, 11) is 0.670. The molecule has 0 unspecified atom stereocenters. The van der Waals surface area contributed by atoms with Crippen LogP contribution < -0.4 is 0 Å². The zero-order chi connectivity index (χ0) is 16.2. The van der Waals surface area contributed by atoms with E-state index in [2.05, 4.69) is 0 Å². The van der Waals surface area contributed by atoms with Gasteiger partial charge in [-0.1, -0.05) is 42.5 Å². The van der Waals surface area contributed by atoms with Gasteiger partial charge in [-0.2, -0.15) is 0 Å². The molecule has 0 radical (unpaired) electrons. The third-order valence-electron chi connectivity index (χ3n) is 3.51. The number of likely N-dealkylation sites (N-methyl/N-ethyl adjacent to an activating group) is 1. The SMILES string of the molecule is CN1CC(=O)OB(/C=C/c2ccc3ccccc3c2)OC(=O)C1. The summed E-state index contributed by atoms with van der Waals surface area (Å²) < 4.78 is 10.3. The van der Waals surface area contributed by atoms with E-state index in [1.807, 2.05) is 42.5 Å². The van der Waals surface area contributed by atoms with Crippen molar-refractivity contribution in [1.82, 2.24) is 4.90 Å². The third kappa shape index (κ3) is 3.99. The van der Waals surface area contributed by atoms with E-state index in [1.165, 1.54) is 0 Å². The summed E-state index contributed by atoms with van der Waals surface area (Å²) in [6.07, 6.45) is 1.78. The van der Waals surface area contributed by atoms with Crippen LogP contribution in [0, 0.1) is 0 Å². The van der Waals surface area contributed by atoms with Crippen molar-refractivity contribution in [2.75, 3.05) is 20.1 Å². The molecule has 1 aliphatic rings. The van der Waals surface area contributed by atoms with Gasteiger partial charge in [0.25, 0.3) is 0 Å². The molecule has 0 amide bonds. The van der Waals surface area contributed by atoms with Crippen molar-refractivity contribution in [3.63, 3.8) is 0 Å². The number of hydrogen-bond donors (Lipinski definition) is 0. The van der Waals surface area contributed by atoms with Crippen molar-refractivity contribution in [3.05, 3.63) is 54.0 Å². The first-order valence-corrected chi connectivity index (χ1v) is 7.35. The molecule has 1 aliphatic heterocycles. The molecule has 0 atom stereocenters. The lowest BCUT2D eigenvalue weighted by molar-refractivity contribution is -0.145. The van der Waals surface area contributed by atoms with Crippen molar-refractivity contribution < 1.29 is 18.9 Å². The smallest absolute Gasteiger partial charge is 0.495 e. The molecule has 0 bridgehead atoms. The van der Waals surface area contributed by atoms with Crippen LogP contribution in [0.2, 0.25) is 0 Å². The Morgan fingerprint density at radius 3 is 2.35 bits per heavy atom. The fraction of sp³-hybridized carbons (Fsp3) is 0.176. The highest BCUT2D eigenvalue weighted by atomic mass is 16.6. The molecule has 5 nitrogen and oxygen atoms in total. The zero-order valence-electron chi connectivity index (χ0n) is 12.8. The van der Waals surface area contributed by atoms with Crippen molar-refractivity contribution >= 4 is 35.9 Å². The minimum atomic E-state index is -0.991. The minimum Gasteiger partial charge on any atom is -0.495 e. The first-order chi connectivity index (χ1) is 11.1. The number of fused-ring (bicyclic) bond motifs is 1. The van der Waals surface area contributed by atoms with Gasteiger partial charge in [-0.15, -0.1) is 0 Å². The van der Waals surface area contributed by atoms with Crippen LogP contribution >= 0.6 is 0 Å². The second-order valence-corrected chi connectivity index (χ2v) is 5.49. The van der Waals surface area contributed by atoms with Gasteiger partial charge in [0.2, 0.25) is 0 Å². The Labute approximate surface area is 134 Å². The quantitative estimate of drug-likeness (QED) is 0.793. The minimum absolute atomic E-state index is 0.0649. The largest absolute Gasteiger partial charge is 0.628 e. The Morgan fingerprint density at radius 1 is 1.00 bits per heavy atom. The van der Waals surface area contributed by atoms with E-state index < -0.39 is 19.1 Å². The van der Waals surface area contributed by atoms with Gasteiger partial charge in [-0.25, -0.2) is 0 Å². The lowest BCUT2D eigenvalue weighted by atomic mass is 9.88. The zero-order valence-corrected chi connectivity index (χ0v) is 12.8. The van der Waals surface area contributed by atoms with Crippen LogP contribution in [0.5, 0.6) is 0 Å². The molecular weight excluding hydrogens is 293 g/mol. The molecule has 1 saturated heterocycles. The average Bonchev–Trinajstić information content (AvgIpc) is 2.50. The molecule has 0 spiro atoms. The maximum absolute atomic E-state index is 11.7. The van der Waals surface area contributed by atoms with E-state index in [1.54, 1.807) is 24.0 Å². The van der Waals surface area contributed by atoms with Crippen LogP contribution in [0.15, 0.2) is 48.4 Å². The van der Waals surface area contributed by atoms with Crippen LogP contribution in [-0.2, 0) is 18.9 Å². The highest BCUT2D eigenvalue weighted by Gasteiger charge is 2.29. The van der Waals surface area contributed by atoms with Gasteiger partial charge in [-0.05, 0) is 35.4 Å². The first kappa shape index (κ1) is 15.3. The summed E-state index contributed by atoms with van der Waals surface area (Å²) in [4.78, 5) is 24.9.